The molecule has 1 atom stereocenters. The van der Waals surface area contributed by atoms with Crippen molar-refractivity contribution in [3.05, 3.63) is 77.9 Å². The number of nitrogens with zero attached hydrogens (tertiary/aromatic N) is 1. The molecule has 0 radical (unpaired) electrons. The molecule has 2 heteroatoms. The summed E-state index contributed by atoms with van der Waals surface area (Å²) in [6.07, 6.45) is 0. The van der Waals surface area contributed by atoms with Gasteiger partial charge in [-0.25, -0.2) is 0 Å². The summed E-state index contributed by atoms with van der Waals surface area (Å²) in [5.41, 5.74) is 2.76. The van der Waals surface area contributed by atoms with Crippen LogP contribution in [0.15, 0.2) is 66.7 Å². The Morgan fingerprint density at radius 3 is 2.43 bits per heavy atom. The molecule has 3 rings (SSSR count). The fourth-order valence-electron chi connectivity index (χ4n) is 2.50. The second-order valence-corrected chi connectivity index (χ2v) is 5.13. The van der Waals surface area contributed by atoms with Crippen LogP contribution in [0.25, 0.3) is 10.8 Å². The Hall–Kier alpha value is -2.79. The third-order valence-corrected chi connectivity index (χ3v) is 3.69. The Morgan fingerprint density at radius 2 is 1.62 bits per heavy atom. The number of hydrogen-bond donors (Lipinski definition) is 1. The van der Waals surface area contributed by atoms with E-state index in [0.29, 0.717) is 5.56 Å². The molecule has 0 aliphatic rings. The molecule has 0 aliphatic heterocycles. The van der Waals surface area contributed by atoms with Gasteiger partial charge in [-0.2, -0.15) is 5.26 Å². The quantitative estimate of drug-likeness (QED) is 0.737. The van der Waals surface area contributed by atoms with Crippen LogP contribution in [0.3, 0.4) is 0 Å². The van der Waals surface area contributed by atoms with E-state index < -0.39 is 0 Å². The van der Waals surface area contributed by atoms with Gasteiger partial charge in [0.05, 0.1) is 11.3 Å². The molecule has 2 nitrogen and oxygen atoms in total. The average molecular weight is 272 g/mol. The lowest BCUT2D eigenvalue weighted by molar-refractivity contribution is 0.886. The van der Waals surface area contributed by atoms with Crippen molar-refractivity contribution in [3.63, 3.8) is 0 Å². The van der Waals surface area contributed by atoms with Gasteiger partial charge in [0.15, 0.2) is 0 Å². The number of benzene rings is 3. The Bertz CT molecular complexity index is 815. The van der Waals surface area contributed by atoms with Crippen LogP contribution in [0, 0.1) is 11.3 Å². The summed E-state index contributed by atoms with van der Waals surface area (Å²) in [6.45, 7) is 2.11. The van der Waals surface area contributed by atoms with Gasteiger partial charge in [-0.3, -0.25) is 0 Å². The minimum Gasteiger partial charge on any atom is -0.377 e. The SMILES string of the molecule is CC(Nc1ccccc1C#N)c1ccc2ccccc2c1. The maximum atomic E-state index is 9.15. The number of anilines is 1. The topological polar surface area (TPSA) is 35.8 Å². The molecule has 0 aromatic heterocycles. The van der Waals surface area contributed by atoms with Crippen LogP contribution in [0.1, 0.15) is 24.1 Å². The number of nitrogens with one attached hydrogen (secondary N) is 1. The molecule has 1 N–H and O–H groups in total. The first-order chi connectivity index (χ1) is 10.3. The van der Waals surface area contributed by atoms with E-state index in [1.165, 1.54) is 16.3 Å². The summed E-state index contributed by atoms with van der Waals surface area (Å²) in [5, 5.41) is 15.0. The highest BCUT2D eigenvalue weighted by atomic mass is 14.9. The van der Waals surface area contributed by atoms with Crippen molar-refractivity contribution < 1.29 is 0 Å². The first-order valence-electron chi connectivity index (χ1n) is 7.02. The predicted molar refractivity (Wildman–Crippen MR) is 87.1 cm³/mol. The normalized spacial score (nSPS) is 11.8. The minimum absolute atomic E-state index is 0.143. The minimum atomic E-state index is 0.143. The summed E-state index contributed by atoms with van der Waals surface area (Å²) in [6, 6.07) is 24.8. The van der Waals surface area contributed by atoms with Gasteiger partial charge >= 0.3 is 0 Å². The van der Waals surface area contributed by atoms with Crippen LogP contribution in [-0.2, 0) is 0 Å². The van der Waals surface area contributed by atoms with Crippen molar-refractivity contribution in [2.24, 2.45) is 0 Å². The zero-order valence-electron chi connectivity index (χ0n) is 11.9. The second-order valence-electron chi connectivity index (χ2n) is 5.13. The van der Waals surface area contributed by atoms with Crippen molar-refractivity contribution in [1.29, 1.82) is 5.26 Å². The van der Waals surface area contributed by atoms with Crippen LogP contribution < -0.4 is 5.32 Å². The standard InChI is InChI=1S/C19H16N2/c1-14(21-19-9-5-4-8-18(19)13-20)16-11-10-15-6-2-3-7-17(15)12-16/h2-12,14,21H,1H3. The number of fused-ring (bicyclic) bond motifs is 1. The largest absolute Gasteiger partial charge is 0.377 e. The number of hydrogen-bond acceptors (Lipinski definition) is 2. The zero-order chi connectivity index (χ0) is 14.7. The summed E-state index contributed by atoms with van der Waals surface area (Å²) < 4.78 is 0. The van der Waals surface area contributed by atoms with Crippen molar-refractivity contribution in [3.8, 4) is 6.07 Å². The highest BCUT2D eigenvalue weighted by Crippen LogP contribution is 2.24. The van der Waals surface area contributed by atoms with Crippen LogP contribution in [0.2, 0.25) is 0 Å². The van der Waals surface area contributed by atoms with Crippen LogP contribution in [-0.4, -0.2) is 0 Å². The molecule has 0 aliphatic carbocycles. The first-order valence-corrected chi connectivity index (χ1v) is 7.02. The van der Waals surface area contributed by atoms with Gasteiger partial charge in [-0.15, -0.1) is 0 Å². The van der Waals surface area contributed by atoms with Crippen molar-refractivity contribution in [2.45, 2.75) is 13.0 Å². The van der Waals surface area contributed by atoms with Gasteiger partial charge in [0.25, 0.3) is 0 Å². The fourth-order valence-corrected chi connectivity index (χ4v) is 2.50. The van der Waals surface area contributed by atoms with E-state index in [1.54, 1.807) is 0 Å². The monoisotopic (exact) mass is 272 g/mol. The Kier molecular flexibility index (Phi) is 3.57. The highest BCUT2D eigenvalue weighted by molar-refractivity contribution is 5.83. The third kappa shape index (κ3) is 2.73. The molecule has 0 saturated heterocycles. The first kappa shape index (κ1) is 13.2. The lowest BCUT2D eigenvalue weighted by atomic mass is 10.0. The molecule has 0 heterocycles. The van der Waals surface area contributed by atoms with E-state index in [-0.39, 0.29) is 6.04 Å². The van der Waals surface area contributed by atoms with Crippen LogP contribution in [0.5, 0.6) is 0 Å². The van der Waals surface area contributed by atoms with Gasteiger partial charge in [0, 0.05) is 6.04 Å². The maximum Gasteiger partial charge on any atom is 0.101 e. The highest BCUT2D eigenvalue weighted by Gasteiger charge is 2.08. The van der Waals surface area contributed by atoms with Crippen molar-refractivity contribution >= 4 is 16.5 Å². The van der Waals surface area contributed by atoms with E-state index in [2.05, 4.69) is 54.7 Å². The molecular weight excluding hydrogens is 256 g/mol. The van der Waals surface area contributed by atoms with Gasteiger partial charge in [-0.1, -0.05) is 48.5 Å². The molecular formula is C19H16N2. The molecule has 0 fully saturated rings. The molecule has 0 saturated carbocycles. The van der Waals surface area contributed by atoms with Crippen molar-refractivity contribution in [1.82, 2.24) is 0 Å². The molecule has 3 aromatic rings. The Labute approximate surface area is 124 Å². The van der Waals surface area contributed by atoms with Crippen LogP contribution in [0.4, 0.5) is 5.69 Å². The summed E-state index contributed by atoms with van der Waals surface area (Å²) in [4.78, 5) is 0. The maximum absolute atomic E-state index is 9.15. The lowest BCUT2D eigenvalue weighted by Gasteiger charge is -2.17. The van der Waals surface area contributed by atoms with Gasteiger partial charge in [-0.05, 0) is 41.5 Å². The van der Waals surface area contributed by atoms with Gasteiger partial charge < -0.3 is 5.32 Å². The second kappa shape index (κ2) is 5.68. The Balaban J connectivity index is 1.90. The molecule has 1 unspecified atom stereocenters. The van der Waals surface area contributed by atoms with E-state index in [4.69, 9.17) is 5.26 Å². The molecule has 0 spiro atoms. The van der Waals surface area contributed by atoms with E-state index >= 15 is 0 Å². The van der Waals surface area contributed by atoms with Crippen molar-refractivity contribution in [2.75, 3.05) is 5.32 Å². The van der Waals surface area contributed by atoms with E-state index in [0.717, 1.165) is 5.69 Å². The number of nitriles is 1. The molecule has 0 bridgehead atoms. The predicted octanol–water partition coefficient (Wildman–Crippen LogP) is 4.88. The summed E-state index contributed by atoms with van der Waals surface area (Å²) in [7, 11) is 0. The Morgan fingerprint density at radius 1 is 0.905 bits per heavy atom. The van der Waals surface area contributed by atoms with E-state index in [1.807, 2.05) is 30.3 Å². The summed E-state index contributed by atoms with van der Waals surface area (Å²) in [5.74, 6) is 0. The van der Waals surface area contributed by atoms with E-state index in [9.17, 15) is 0 Å². The number of para-hydroxylation sites is 1. The molecule has 0 amide bonds. The third-order valence-electron chi connectivity index (χ3n) is 3.69. The van der Waals surface area contributed by atoms with Crippen LogP contribution >= 0.6 is 0 Å². The lowest BCUT2D eigenvalue weighted by Crippen LogP contribution is -2.07. The smallest absolute Gasteiger partial charge is 0.101 e. The van der Waals surface area contributed by atoms with Gasteiger partial charge in [0.1, 0.15) is 6.07 Å². The summed E-state index contributed by atoms with van der Waals surface area (Å²) >= 11 is 0. The molecule has 102 valence electrons. The average Bonchev–Trinajstić information content (AvgIpc) is 2.55. The molecule has 3 aromatic carbocycles. The number of rotatable bonds is 3. The zero-order valence-corrected chi connectivity index (χ0v) is 11.9. The van der Waals surface area contributed by atoms with Gasteiger partial charge in [0.2, 0.25) is 0 Å². The fraction of sp³-hybridized carbons (Fsp3) is 0.105. The molecule has 21 heavy (non-hydrogen) atoms.